The number of aryl methyl sites for hydroxylation is 1. The molecule has 0 unspecified atom stereocenters. The average molecular weight is 382 g/mol. The van der Waals surface area contributed by atoms with Crippen molar-refractivity contribution in [3.63, 3.8) is 0 Å². The second kappa shape index (κ2) is 7.32. The van der Waals surface area contributed by atoms with Crippen LogP contribution in [-0.2, 0) is 6.18 Å². The van der Waals surface area contributed by atoms with Crippen LogP contribution < -0.4 is 5.32 Å². The molecule has 0 aliphatic carbocycles. The number of likely N-dealkylation sites (tertiary alicyclic amines) is 1. The van der Waals surface area contributed by atoms with Crippen molar-refractivity contribution >= 4 is 5.82 Å². The number of phenolic OH excluding ortho intramolecular Hbond substituents is 1. The average Bonchev–Trinajstić information content (AvgIpc) is 2.54. The summed E-state index contributed by atoms with van der Waals surface area (Å²) in [6.07, 6.45) is -4.36. The molecule has 1 aliphatic heterocycles. The zero-order valence-corrected chi connectivity index (χ0v) is 15.0. The lowest BCUT2D eigenvalue weighted by atomic mass is 10.0. The van der Waals surface area contributed by atoms with Gasteiger partial charge in [-0.05, 0) is 50.2 Å². The van der Waals surface area contributed by atoms with E-state index >= 15 is 0 Å². The first-order valence-electron chi connectivity index (χ1n) is 8.51. The lowest BCUT2D eigenvalue weighted by Gasteiger charge is -2.33. The van der Waals surface area contributed by atoms with Crippen LogP contribution in [0.2, 0.25) is 0 Å². The molecular formula is C18H21F3N4O2. The Morgan fingerprint density at radius 2 is 1.93 bits per heavy atom. The number of rotatable bonds is 3. The van der Waals surface area contributed by atoms with Gasteiger partial charge in [0, 0.05) is 24.7 Å². The molecule has 3 N–H and O–H groups in total. The van der Waals surface area contributed by atoms with Crippen molar-refractivity contribution in [3.05, 3.63) is 35.4 Å². The van der Waals surface area contributed by atoms with E-state index in [1.807, 2.05) is 11.9 Å². The predicted molar refractivity (Wildman–Crippen MR) is 94.4 cm³/mol. The number of aromatic hydroxyl groups is 1. The minimum Gasteiger partial charge on any atom is -0.507 e. The van der Waals surface area contributed by atoms with Crippen molar-refractivity contribution in [2.75, 3.05) is 25.5 Å². The number of aliphatic hydroxyl groups is 1. The highest BCUT2D eigenvalue weighted by Crippen LogP contribution is 2.38. The number of nitrogens with zero attached hydrogens (tertiary/aromatic N) is 3. The Kier molecular flexibility index (Phi) is 5.25. The Hall–Kier alpha value is -2.39. The van der Waals surface area contributed by atoms with Crippen LogP contribution in [0.5, 0.6) is 5.75 Å². The third-order valence-corrected chi connectivity index (χ3v) is 4.53. The Labute approximate surface area is 154 Å². The van der Waals surface area contributed by atoms with Gasteiger partial charge in [-0.3, -0.25) is 0 Å². The largest absolute Gasteiger partial charge is 0.507 e. The molecule has 2 aromatic rings. The van der Waals surface area contributed by atoms with Crippen molar-refractivity contribution in [2.24, 2.45) is 0 Å². The van der Waals surface area contributed by atoms with E-state index in [1.165, 1.54) is 6.92 Å². The summed E-state index contributed by atoms with van der Waals surface area (Å²) in [5.41, 5.74) is -0.151. The first-order chi connectivity index (χ1) is 12.6. The summed E-state index contributed by atoms with van der Waals surface area (Å²) >= 11 is 0. The normalized spacial score (nSPS) is 21.3. The van der Waals surface area contributed by atoms with Crippen molar-refractivity contribution in [1.29, 1.82) is 0 Å². The summed E-state index contributed by atoms with van der Waals surface area (Å²) in [5, 5.41) is 31.2. The molecule has 2 atom stereocenters. The predicted octanol–water partition coefficient (Wildman–Crippen LogP) is 2.65. The zero-order chi connectivity index (χ0) is 19.8. The molecule has 3 rings (SSSR count). The van der Waals surface area contributed by atoms with Gasteiger partial charge in [-0.2, -0.15) is 13.2 Å². The molecule has 0 bridgehead atoms. The number of β-amino-alcohol motifs (C(OH)–C–C–N with tert-alkyl or cyclic N) is 1. The summed E-state index contributed by atoms with van der Waals surface area (Å²) < 4.78 is 38.5. The molecule has 27 heavy (non-hydrogen) atoms. The fourth-order valence-electron chi connectivity index (χ4n) is 3.41. The Morgan fingerprint density at radius 3 is 2.48 bits per heavy atom. The monoisotopic (exact) mass is 382 g/mol. The van der Waals surface area contributed by atoms with E-state index in [1.54, 1.807) is 12.1 Å². The van der Waals surface area contributed by atoms with Gasteiger partial charge in [-0.15, -0.1) is 10.2 Å². The number of halogens is 3. The van der Waals surface area contributed by atoms with Crippen LogP contribution in [-0.4, -0.2) is 57.6 Å². The lowest BCUT2D eigenvalue weighted by molar-refractivity contribution is -0.137. The molecule has 0 spiro atoms. The van der Waals surface area contributed by atoms with E-state index in [-0.39, 0.29) is 22.9 Å². The van der Waals surface area contributed by atoms with E-state index in [0.29, 0.717) is 24.8 Å². The number of aliphatic hydroxyl groups excluding tert-OH is 1. The zero-order valence-electron chi connectivity index (χ0n) is 15.0. The summed E-state index contributed by atoms with van der Waals surface area (Å²) in [7, 11) is 1.92. The third-order valence-electron chi connectivity index (χ3n) is 4.53. The molecule has 0 saturated carbocycles. The second-order valence-corrected chi connectivity index (χ2v) is 6.94. The Balaban J connectivity index is 1.79. The van der Waals surface area contributed by atoms with Gasteiger partial charge >= 0.3 is 6.18 Å². The number of aromatic nitrogens is 2. The van der Waals surface area contributed by atoms with Crippen molar-refractivity contribution in [2.45, 2.75) is 31.7 Å². The third kappa shape index (κ3) is 4.48. The highest BCUT2D eigenvalue weighted by molar-refractivity contribution is 5.71. The SMILES string of the molecule is Cc1cc(C(F)(F)F)cc(O)c1-c1ccc(N[C@H]2C[C@@H](O)CN(C)C2)nn1. The second-order valence-electron chi connectivity index (χ2n) is 6.94. The lowest BCUT2D eigenvalue weighted by Crippen LogP contribution is -2.46. The molecule has 2 heterocycles. The number of likely N-dealkylation sites (N-methyl/N-ethyl adjacent to an activating group) is 1. The molecular weight excluding hydrogens is 361 g/mol. The van der Waals surface area contributed by atoms with Crippen LogP contribution in [0.4, 0.5) is 19.0 Å². The molecule has 6 nitrogen and oxygen atoms in total. The number of piperidine rings is 1. The number of nitrogens with one attached hydrogen (secondary N) is 1. The highest BCUT2D eigenvalue weighted by atomic mass is 19.4. The Bertz CT molecular complexity index is 778. The number of phenols is 1. The smallest absolute Gasteiger partial charge is 0.416 e. The molecule has 1 aliphatic rings. The quantitative estimate of drug-likeness (QED) is 0.757. The highest BCUT2D eigenvalue weighted by Gasteiger charge is 2.32. The maximum absolute atomic E-state index is 12.8. The van der Waals surface area contributed by atoms with Gasteiger partial charge in [-0.1, -0.05) is 0 Å². The van der Waals surface area contributed by atoms with Crippen LogP contribution in [0.15, 0.2) is 24.3 Å². The molecule has 1 saturated heterocycles. The topological polar surface area (TPSA) is 81.5 Å². The fraction of sp³-hybridized carbons (Fsp3) is 0.444. The summed E-state index contributed by atoms with van der Waals surface area (Å²) in [6, 6.07) is 4.92. The fourth-order valence-corrected chi connectivity index (χ4v) is 3.41. The summed E-state index contributed by atoms with van der Waals surface area (Å²) in [4.78, 5) is 2.01. The Morgan fingerprint density at radius 1 is 1.19 bits per heavy atom. The number of hydrogen-bond acceptors (Lipinski definition) is 6. The van der Waals surface area contributed by atoms with Gasteiger partial charge in [0.15, 0.2) is 0 Å². The molecule has 9 heteroatoms. The van der Waals surface area contributed by atoms with Crippen LogP contribution in [0.1, 0.15) is 17.5 Å². The summed E-state index contributed by atoms with van der Waals surface area (Å²) in [6.45, 7) is 2.85. The molecule has 1 aromatic carbocycles. The first-order valence-corrected chi connectivity index (χ1v) is 8.51. The number of anilines is 1. The number of alkyl halides is 3. The van der Waals surface area contributed by atoms with Gasteiger partial charge in [0.1, 0.15) is 11.6 Å². The van der Waals surface area contributed by atoms with Crippen molar-refractivity contribution in [1.82, 2.24) is 15.1 Å². The molecule has 0 amide bonds. The number of hydrogen-bond donors (Lipinski definition) is 3. The first kappa shape index (κ1) is 19.4. The van der Waals surface area contributed by atoms with E-state index in [4.69, 9.17) is 0 Å². The molecule has 1 fully saturated rings. The molecule has 146 valence electrons. The molecule has 1 aromatic heterocycles. The van der Waals surface area contributed by atoms with Gasteiger partial charge in [0.25, 0.3) is 0 Å². The van der Waals surface area contributed by atoms with Crippen LogP contribution in [0.25, 0.3) is 11.3 Å². The van der Waals surface area contributed by atoms with Crippen LogP contribution in [0, 0.1) is 6.92 Å². The maximum atomic E-state index is 12.8. The minimum absolute atomic E-state index is 0.0140. The van der Waals surface area contributed by atoms with Crippen LogP contribution >= 0.6 is 0 Å². The van der Waals surface area contributed by atoms with E-state index < -0.39 is 23.6 Å². The van der Waals surface area contributed by atoms with Crippen LogP contribution in [0.3, 0.4) is 0 Å². The minimum atomic E-state index is -4.53. The van der Waals surface area contributed by atoms with Crippen molar-refractivity contribution < 1.29 is 23.4 Å². The standard InChI is InChI=1S/C18H21F3N4O2/c1-10-5-11(18(19,20)21)6-15(27)17(10)14-3-4-16(24-23-14)22-12-7-13(26)9-25(2)8-12/h3-6,12-13,26-27H,7-9H2,1-2H3,(H,22,24)/t12-,13+/m0/s1. The van der Waals surface area contributed by atoms with Gasteiger partial charge < -0.3 is 20.4 Å². The number of benzene rings is 1. The van der Waals surface area contributed by atoms with Crippen molar-refractivity contribution in [3.8, 4) is 17.0 Å². The van der Waals surface area contributed by atoms with Gasteiger partial charge in [0.2, 0.25) is 0 Å². The maximum Gasteiger partial charge on any atom is 0.416 e. The summed E-state index contributed by atoms with van der Waals surface area (Å²) in [5.74, 6) is 0.00432. The van der Waals surface area contributed by atoms with Gasteiger partial charge in [0.05, 0.1) is 17.4 Å². The van der Waals surface area contributed by atoms with E-state index in [2.05, 4.69) is 15.5 Å². The van der Waals surface area contributed by atoms with E-state index in [9.17, 15) is 23.4 Å². The molecule has 0 radical (unpaired) electrons. The van der Waals surface area contributed by atoms with E-state index in [0.717, 1.165) is 12.6 Å². The van der Waals surface area contributed by atoms with Gasteiger partial charge in [-0.25, -0.2) is 0 Å².